The molecule has 2 atom stereocenters. The molecule has 2 N–H and O–H groups in total. The fourth-order valence-electron chi connectivity index (χ4n) is 2.11. The van der Waals surface area contributed by atoms with Gasteiger partial charge < -0.3 is 10.5 Å². The van der Waals surface area contributed by atoms with Gasteiger partial charge in [0.2, 0.25) is 5.91 Å². The van der Waals surface area contributed by atoms with E-state index in [0.717, 1.165) is 16.6 Å². The zero-order chi connectivity index (χ0) is 13.1. The number of hydrogen-bond acceptors (Lipinski definition) is 3. The standard InChI is InChI=1S/C13H17BrN2O2/c1-9(13(15)17)16-5-6-18-12(8-16)10-3-2-4-11(14)7-10/h2-4,7,9,12H,5-6,8H2,1H3,(H2,15,17)/t9-,12+/m0/s1. The lowest BCUT2D eigenvalue weighted by Gasteiger charge is -2.35. The molecule has 0 aliphatic carbocycles. The molecule has 1 aromatic carbocycles. The number of morpholine rings is 1. The van der Waals surface area contributed by atoms with Crippen molar-refractivity contribution in [3.8, 4) is 0 Å². The third-order valence-electron chi connectivity index (χ3n) is 3.28. The number of ether oxygens (including phenoxy) is 1. The lowest BCUT2D eigenvalue weighted by atomic mass is 10.1. The van der Waals surface area contributed by atoms with Crippen LogP contribution >= 0.6 is 15.9 Å². The summed E-state index contributed by atoms with van der Waals surface area (Å²) in [6.45, 7) is 3.90. The van der Waals surface area contributed by atoms with Crippen LogP contribution in [0.25, 0.3) is 0 Å². The van der Waals surface area contributed by atoms with Crippen molar-refractivity contribution in [3.05, 3.63) is 34.3 Å². The van der Waals surface area contributed by atoms with Crippen LogP contribution in [0.3, 0.4) is 0 Å². The minimum absolute atomic E-state index is 0.00181. The number of halogens is 1. The van der Waals surface area contributed by atoms with Gasteiger partial charge in [-0.25, -0.2) is 0 Å². The first-order chi connectivity index (χ1) is 8.58. The molecule has 1 aliphatic rings. The molecule has 1 aromatic rings. The van der Waals surface area contributed by atoms with Gasteiger partial charge in [-0.05, 0) is 24.6 Å². The Labute approximate surface area is 115 Å². The molecule has 0 unspecified atom stereocenters. The molecule has 1 heterocycles. The van der Waals surface area contributed by atoms with E-state index < -0.39 is 0 Å². The number of primary amides is 1. The lowest BCUT2D eigenvalue weighted by molar-refractivity contribution is -0.126. The number of nitrogens with zero attached hydrogens (tertiary/aromatic N) is 1. The highest BCUT2D eigenvalue weighted by Gasteiger charge is 2.27. The number of carbonyl (C=O) groups excluding carboxylic acids is 1. The molecule has 1 aliphatic heterocycles. The molecule has 0 spiro atoms. The molecule has 0 radical (unpaired) electrons. The Morgan fingerprint density at radius 1 is 1.61 bits per heavy atom. The van der Waals surface area contributed by atoms with E-state index in [1.807, 2.05) is 31.2 Å². The van der Waals surface area contributed by atoms with E-state index in [2.05, 4.69) is 20.8 Å². The van der Waals surface area contributed by atoms with Gasteiger partial charge in [-0.1, -0.05) is 28.1 Å². The number of benzene rings is 1. The van der Waals surface area contributed by atoms with Gasteiger partial charge in [-0.3, -0.25) is 9.69 Å². The quantitative estimate of drug-likeness (QED) is 0.924. The van der Waals surface area contributed by atoms with E-state index in [4.69, 9.17) is 10.5 Å². The van der Waals surface area contributed by atoms with E-state index in [9.17, 15) is 4.79 Å². The van der Waals surface area contributed by atoms with Crippen LogP contribution in [0.5, 0.6) is 0 Å². The minimum atomic E-state index is -0.287. The van der Waals surface area contributed by atoms with E-state index >= 15 is 0 Å². The van der Waals surface area contributed by atoms with Crippen LogP contribution in [0.4, 0.5) is 0 Å². The van der Waals surface area contributed by atoms with Crippen molar-refractivity contribution in [2.24, 2.45) is 5.73 Å². The normalized spacial score (nSPS) is 22.7. The molecule has 4 nitrogen and oxygen atoms in total. The predicted octanol–water partition coefficient (Wildman–Crippen LogP) is 1.70. The molecule has 1 fully saturated rings. The maximum Gasteiger partial charge on any atom is 0.234 e. The predicted molar refractivity (Wildman–Crippen MR) is 73.1 cm³/mol. The molecular weight excluding hydrogens is 296 g/mol. The van der Waals surface area contributed by atoms with Crippen molar-refractivity contribution in [2.45, 2.75) is 19.1 Å². The van der Waals surface area contributed by atoms with Crippen molar-refractivity contribution >= 4 is 21.8 Å². The van der Waals surface area contributed by atoms with Gasteiger partial charge in [0, 0.05) is 17.6 Å². The van der Waals surface area contributed by atoms with Crippen molar-refractivity contribution in [1.82, 2.24) is 4.90 Å². The maximum absolute atomic E-state index is 11.2. The van der Waals surface area contributed by atoms with Gasteiger partial charge in [0.15, 0.2) is 0 Å². The highest BCUT2D eigenvalue weighted by atomic mass is 79.9. The lowest BCUT2D eigenvalue weighted by Crippen LogP contribution is -2.48. The highest BCUT2D eigenvalue weighted by molar-refractivity contribution is 9.10. The minimum Gasteiger partial charge on any atom is -0.371 e. The number of hydrogen-bond donors (Lipinski definition) is 1. The molecule has 98 valence electrons. The molecular formula is C13H17BrN2O2. The molecule has 0 aromatic heterocycles. The second kappa shape index (κ2) is 5.82. The first-order valence-electron chi connectivity index (χ1n) is 5.98. The van der Waals surface area contributed by atoms with Crippen molar-refractivity contribution in [1.29, 1.82) is 0 Å². The summed E-state index contributed by atoms with van der Waals surface area (Å²) in [5.41, 5.74) is 6.46. The average Bonchev–Trinajstić information content (AvgIpc) is 2.38. The Balaban J connectivity index is 2.09. The van der Waals surface area contributed by atoms with E-state index in [0.29, 0.717) is 13.2 Å². The van der Waals surface area contributed by atoms with Crippen LogP contribution in [0.15, 0.2) is 28.7 Å². The summed E-state index contributed by atoms with van der Waals surface area (Å²) in [6.07, 6.45) is -0.00181. The van der Waals surface area contributed by atoms with Gasteiger partial charge in [-0.15, -0.1) is 0 Å². The Morgan fingerprint density at radius 3 is 3.06 bits per heavy atom. The Kier molecular flexibility index (Phi) is 4.37. The molecule has 0 saturated carbocycles. The van der Waals surface area contributed by atoms with Crippen LogP contribution in [-0.4, -0.2) is 36.5 Å². The number of amides is 1. The van der Waals surface area contributed by atoms with Crippen LogP contribution in [0.1, 0.15) is 18.6 Å². The van der Waals surface area contributed by atoms with Gasteiger partial charge in [0.1, 0.15) is 0 Å². The molecule has 18 heavy (non-hydrogen) atoms. The van der Waals surface area contributed by atoms with Crippen LogP contribution in [0.2, 0.25) is 0 Å². The fourth-order valence-corrected chi connectivity index (χ4v) is 2.53. The van der Waals surface area contributed by atoms with Gasteiger partial charge in [-0.2, -0.15) is 0 Å². The molecule has 1 amide bonds. The van der Waals surface area contributed by atoms with Crippen LogP contribution < -0.4 is 5.73 Å². The summed E-state index contributed by atoms with van der Waals surface area (Å²) in [6, 6.07) is 7.80. The largest absolute Gasteiger partial charge is 0.371 e. The summed E-state index contributed by atoms with van der Waals surface area (Å²) >= 11 is 3.45. The Hall–Kier alpha value is -0.910. The SMILES string of the molecule is C[C@@H](C(N)=O)N1CCO[C@@H](c2cccc(Br)c2)C1. The summed E-state index contributed by atoms with van der Waals surface area (Å²) < 4.78 is 6.80. The van der Waals surface area contributed by atoms with Gasteiger partial charge in [0.05, 0.1) is 18.8 Å². The Morgan fingerprint density at radius 2 is 2.39 bits per heavy atom. The van der Waals surface area contributed by atoms with Gasteiger partial charge in [0.25, 0.3) is 0 Å². The third-order valence-corrected chi connectivity index (χ3v) is 3.77. The van der Waals surface area contributed by atoms with E-state index in [1.54, 1.807) is 0 Å². The van der Waals surface area contributed by atoms with Crippen LogP contribution in [0, 0.1) is 0 Å². The molecule has 2 rings (SSSR count). The topological polar surface area (TPSA) is 55.6 Å². The second-order valence-electron chi connectivity index (χ2n) is 4.49. The summed E-state index contributed by atoms with van der Waals surface area (Å²) in [5.74, 6) is -0.287. The average molecular weight is 313 g/mol. The molecule has 0 bridgehead atoms. The molecule has 1 saturated heterocycles. The second-order valence-corrected chi connectivity index (χ2v) is 5.40. The van der Waals surface area contributed by atoms with Crippen LogP contribution in [-0.2, 0) is 9.53 Å². The fraction of sp³-hybridized carbons (Fsp3) is 0.462. The maximum atomic E-state index is 11.2. The Bertz CT molecular complexity index is 439. The first-order valence-corrected chi connectivity index (χ1v) is 6.77. The summed E-state index contributed by atoms with van der Waals surface area (Å²) in [4.78, 5) is 13.3. The van der Waals surface area contributed by atoms with E-state index in [-0.39, 0.29) is 18.1 Å². The number of carbonyl (C=O) groups is 1. The zero-order valence-corrected chi connectivity index (χ0v) is 11.9. The number of rotatable bonds is 3. The van der Waals surface area contributed by atoms with Gasteiger partial charge >= 0.3 is 0 Å². The van der Waals surface area contributed by atoms with E-state index in [1.165, 1.54) is 0 Å². The summed E-state index contributed by atoms with van der Waals surface area (Å²) in [5, 5.41) is 0. The van der Waals surface area contributed by atoms with Crippen molar-refractivity contribution < 1.29 is 9.53 Å². The zero-order valence-electron chi connectivity index (χ0n) is 10.3. The van der Waals surface area contributed by atoms with Crippen molar-refractivity contribution in [3.63, 3.8) is 0 Å². The highest BCUT2D eigenvalue weighted by Crippen LogP contribution is 2.25. The summed E-state index contributed by atoms with van der Waals surface area (Å²) in [7, 11) is 0. The van der Waals surface area contributed by atoms with Crippen molar-refractivity contribution in [2.75, 3.05) is 19.7 Å². The first kappa shape index (κ1) is 13.5. The third kappa shape index (κ3) is 3.10. The molecule has 5 heteroatoms. The number of nitrogens with two attached hydrogens (primary N) is 1. The smallest absolute Gasteiger partial charge is 0.234 e. The monoisotopic (exact) mass is 312 g/mol.